The number of nitrogens with zero attached hydrogens (tertiary/aromatic N) is 4. The smallest absolute Gasteiger partial charge is 0.227 e. The van der Waals surface area contributed by atoms with E-state index in [1.807, 2.05) is 6.20 Å². The van der Waals surface area contributed by atoms with Gasteiger partial charge in [0.15, 0.2) is 0 Å². The topological polar surface area (TPSA) is 70.6 Å². The Kier molecular flexibility index (Phi) is 6.84. The van der Waals surface area contributed by atoms with E-state index < -0.39 is 0 Å². The molecule has 7 heteroatoms. The Hall–Kier alpha value is -2.51. The van der Waals surface area contributed by atoms with Crippen molar-refractivity contribution in [2.75, 3.05) is 38.7 Å². The zero-order chi connectivity index (χ0) is 23.7. The average molecular weight is 464 g/mol. The first kappa shape index (κ1) is 23.2. The number of anilines is 1. The van der Waals surface area contributed by atoms with Crippen molar-refractivity contribution in [2.24, 2.45) is 5.92 Å². The second kappa shape index (κ2) is 10.0. The molecule has 2 fully saturated rings. The number of amides is 1. The summed E-state index contributed by atoms with van der Waals surface area (Å²) in [6.45, 7) is 8.26. The number of ether oxygens (including phenoxy) is 1. The molecule has 5 rings (SSSR count). The number of benzene rings is 1. The van der Waals surface area contributed by atoms with Crippen LogP contribution in [0.4, 0.5) is 5.95 Å². The van der Waals surface area contributed by atoms with E-state index in [1.165, 1.54) is 11.1 Å². The average Bonchev–Trinajstić information content (AvgIpc) is 2.84. The quantitative estimate of drug-likeness (QED) is 0.750. The molecule has 0 radical (unpaired) electrons. The summed E-state index contributed by atoms with van der Waals surface area (Å²) in [6, 6.07) is 9.23. The van der Waals surface area contributed by atoms with Crippen LogP contribution in [0.5, 0.6) is 0 Å². The van der Waals surface area contributed by atoms with Crippen molar-refractivity contribution in [3.8, 4) is 0 Å². The van der Waals surface area contributed by atoms with Crippen LogP contribution in [0.3, 0.4) is 0 Å². The van der Waals surface area contributed by atoms with Gasteiger partial charge in [0.1, 0.15) is 0 Å². The second-order valence-corrected chi connectivity index (χ2v) is 10.4. The van der Waals surface area contributed by atoms with Gasteiger partial charge in [0, 0.05) is 49.9 Å². The number of hydrogen-bond donors (Lipinski definition) is 1. The lowest BCUT2D eigenvalue weighted by molar-refractivity contribution is -0.141. The first-order valence-electron chi connectivity index (χ1n) is 12.7. The highest BCUT2D eigenvalue weighted by molar-refractivity contribution is 5.80. The van der Waals surface area contributed by atoms with Gasteiger partial charge in [-0.1, -0.05) is 29.8 Å². The summed E-state index contributed by atoms with van der Waals surface area (Å²) in [5.41, 5.74) is 4.66. The van der Waals surface area contributed by atoms with Crippen LogP contribution in [-0.4, -0.2) is 71.1 Å². The number of fused-ring (bicyclic) bond motifs is 1. The summed E-state index contributed by atoms with van der Waals surface area (Å²) in [6.07, 6.45) is 5.59. The maximum Gasteiger partial charge on any atom is 0.227 e. The minimum atomic E-state index is 0.00424. The maximum atomic E-state index is 14.0. The van der Waals surface area contributed by atoms with E-state index in [-0.39, 0.29) is 23.8 Å². The highest BCUT2D eigenvalue weighted by atomic mass is 16.5. The van der Waals surface area contributed by atoms with Crippen LogP contribution in [0.1, 0.15) is 54.5 Å². The molecule has 4 heterocycles. The van der Waals surface area contributed by atoms with Gasteiger partial charge < -0.3 is 19.9 Å². The summed E-state index contributed by atoms with van der Waals surface area (Å²) in [4.78, 5) is 27.8. The number of carbonyl (C=O) groups is 1. The predicted octanol–water partition coefficient (Wildman–Crippen LogP) is 3.38. The molecule has 2 aromatic rings. The minimum absolute atomic E-state index is 0.00424. The van der Waals surface area contributed by atoms with Crippen molar-refractivity contribution in [3.63, 3.8) is 0 Å². The first-order chi connectivity index (χ1) is 16.5. The Labute approximate surface area is 202 Å². The molecule has 0 bridgehead atoms. The monoisotopic (exact) mass is 463 g/mol. The lowest BCUT2D eigenvalue weighted by Crippen LogP contribution is -2.50. The summed E-state index contributed by atoms with van der Waals surface area (Å²) in [5.74, 6) is 1.17. The molecule has 0 spiro atoms. The van der Waals surface area contributed by atoms with Crippen LogP contribution < -0.4 is 5.32 Å². The van der Waals surface area contributed by atoms with Gasteiger partial charge in [-0.05, 0) is 64.3 Å². The molecule has 1 aromatic heterocycles. The number of carbonyl (C=O) groups excluding carboxylic acids is 1. The van der Waals surface area contributed by atoms with Gasteiger partial charge in [0.2, 0.25) is 11.9 Å². The Balaban J connectivity index is 1.34. The van der Waals surface area contributed by atoms with Crippen molar-refractivity contribution < 1.29 is 9.53 Å². The van der Waals surface area contributed by atoms with E-state index in [0.717, 1.165) is 63.2 Å². The Morgan fingerprint density at radius 3 is 2.68 bits per heavy atom. The van der Waals surface area contributed by atoms with E-state index in [0.29, 0.717) is 18.5 Å². The number of likely N-dealkylation sites (tertiary alicyclic amines) is 1. The zero-order valence-corrected chi connectivity index (χ0v) is 20.7. The van der Waals surface area contributed by atoms with Crippen LogP contribution in [0, 0.1) is 12.8 Å². The van der Waals surface area contributed by atoms with Gasteiger partial charge in [0.05, 0.1) is 12.2 Å². The highest BCUT2D eigenvalue weighted by Gasteiger charge is 2.39. The summed E-state index contributed by atoms with van der Waals surface area (Å²) in [7, 11) is 2.16. The Morgan fingerprint density at radius 2 is 1.91 bits per heavy atom. The Morgan fingerprint density at radius 1 is 1.15 bits per heavy atom. The van der Waals surface area contributed by atoms with E-state index in [2.05, 4.69) is 65.3 Å². The summed E-state index contributed by atoms with van der Waals surface area (Å²) < 4.78 is 5.46. The molecule has 1 aromatic carbocycles. The molecule has 7 nitrogen and oxygen atoms in total. The molecule has 3 aliphatic rings. The number of aryl methyl sites for hydroxylation is 1. The molecular weight excluding hydrogens is 426 g/mol. The standard InChI is InChI=1S/C27H37N5O2/c1-18-4-6-20(7-5-18)24-16-31(3)11-8-23(24)26(33)32-17-25-21(14-19(32)2)15-28-27(30-25)29-22-9-12-34-13-10-22/h4-7,15,19,22-24H,8-14,16-17H2,1-3H3,(H,28,29,30)/t19-,23+,24-/m1/s1. The number of rotatable bonds is 4. The first-order valence-corrected chi connectivity index (χ1v) is 12.7. The fraction of sp³-hybridized carbons (Fsp3) is 0.593. The summed E-state index contributed by atoms with van der Waals surface area (Å²) in [5, 5.41) is 3.48. The van der Waals surface area contributed by atoms with Gasteiger partial charge in [-0.2, -0.15) is 0 Å². The minimum Gasteiger partial charge on any atom is -0.381 e. The fourth-order valence-electron chi connectivity index (χ4n) is 5.66. The number of piperidine rings is 1. The van der Waals surface area contributed by atoms with E-state index in [9.17, 15) is 4.79 Å². The molecule has 34 heavy (non-hydrogen) atoms. The molecule has 1 amide bonds. The van der Waals surface area contributed by atoms with Crippen molar-refractivity contribution in [1.82, 2.24) is 19.8 Å². The zero-order valence-electron chi connectivity index (χ0n) is 20.7. The summed E-state index contributed by atoms with van der Waals surface area (Å²) >= 11 is 0. The van der Waals surface area contributed by atoms with Crippen molar-refractivity contribution in [2.45, 2.75) is 64.1 Å². The van der Waals surface area contributed by atoms with Gasteiger partial charge in [-0.15, -0.1) is 0 Å². The molecule has 0 saturated carbocycles. The van der Waals surface area contributed by atoms with E-state index in [4.69, 9.17) is 9.72 Å². The number of aromatic nitrogens is 2. The largest absolute Gasteiger partial charge is 0.381 e. The fourth-order valence-corrected chi connectivity index (χ4v) is 5.66. The molecule has 0 unspecified atom stereocenters. The lowest BCUT2D eigenvalue weighted by atomic mass is 9.79. The van der Waals surface area contributed by atoms with Crippen molar-refractivity contribution in [3.05, 3.63) is 52.8 Å². The molecule has 3 atom stereocenters. The van der Waals surface area contributed by atoms with Crippen molar-refractivity contribution >= 4 is 11.9 Å². The van der Waals surface area contributed by atoms with Crippen LogP contribution >= 0.6 is 0 Å². The molecule has 182 valence electrons. The highest BCUT2D eigenvalue weighted by Crippen LogP contribution is 2.35. The molecule has 0 aliphatic carbocycles. The molecular formula is C27H37N5O2. The Bertz CT molecular complexity index is 1000. The normalized spacial score (nSPS) is 26.2. The maximum absolute atomic E-state index is 14.0. The lowest BCUT2D eigenvalue weighted by Gasteiger charge is -2.42. The molecule has 3 aliphatic heterocycles. The molecule has 1 N–H and O–H groups in total. The predicted molar refractivity (Wildman–Crippen MR) is 133 cm³/mol. The second-order valence-electron chi connectivity index (χ2n) is 10.4. The third-order valence-electron chi connectivity index (χ3n) is 7.80. The van der Waals surface area contributed by atoms with Crippen LogP contribution in [0.25, 0.3) is 0 Å². The number of likely N-dealkylation sites (N-methyl/N-ethyl adjacent to an activating group) is 1. The van der Waals surface area contributed by atoms with Crippen molar-refractivity contribution in [1.29, 1.82) is 0 Å². The third kappa shape index (κ3) is 4.96. The molecule has 2 saturated heterocycles. The van der Waals surface area contributed by atoms with E-state index >= 15 is 0 Å². The van der Waals surface area contributed by atoms with Gasteiger partial charge in [0.25, 0.3) is 0 Å². The van der Waals surface area contributed by atoms with E-state index in [1.54, 1.807) is 0 Å². The van der Waals surface area contributed by atoms with Gasteiger partial charge in [-0.25, -0.2) is 9.97 Å². The van der Waals surface area contributed by atoms with Crippen LogP contribution in [0.15, 0.2) is 30.5 Å². The van der Waals surface area contributed by atoms with Gasteiger partial charge in [-0.3, -0.25) is 4.79 Å². The van der Waals surface area contributed by atoms with Crippen LogP contribution in [0.2, 0.25) is 0 Å². The SMILES string of the molecule is Cc1ccc([C@H]2CN(C)CC[C@@H]2C(=O)N2Cc3nc(NC4CCOCC4)ncc3C[C@H]2C)cc1. The third-order valence-corrected chi connectivity index (χ3v) is 7.80. The van der Waals surface area contributed by atoms with Crippen LogP contribution in [-0.2, 0) is 22.5 Å². The van der Waals surface area contributed by atoms with Gasteiger partial charge >= 0.3 is 0 Å². The number of hydrogen-bond acceptors (Lipinski definition) is 6. The number of nitrogens with one attached hydrogen (secondary N) is 1.